The molecule has 4 aliphatic carbocycles. The number of aliphatic hydroxyl groups is 2. The molecule has 0 aromatic heterocycles. The lowest BCUT2D eigenvalue weighted by Crippen LogP contribution is -2.62. The van der Waals surface area contributed by atoms with Crippen molar-refractivity contribution >= 4 is 6.21 Å². The van der Waals surface area contributed by atoms with Gasteiger partial charge in [0, 0.05) is 5.41 Å². The lowest BCUT2D eigenvalue weighted by atomic mass is 9.43. The van der Waals surface area contributed by atoms with E-state index in [4.69, 9.17) is 5.21 Å². The first-order chi connectivity index (χ1) is 13.3. The summed E-state index contributed by atoms with van der Waals surface area (Å²) in [6.45, 7) is 4.79. The number of hydrogen-bond acceptors (Lipinski definition) is 4. The summed E-state index contributed by atoms with van der Waals surface area (Å²) in [5.74, 6) is 2.02. The molecule has 4 heteroatoms. The molecule has 156 valence electrons. The molecule has 4 nitrogen and oxygen atoms in total. The van der Waals surface area contributed by atoms with Crippen molar-refractivity contribution in [2.24, 2.45) is 39.7 Å². The number of hydrogen-bond donors (Lipinski definition) is 3. The Kier molecular flexibility index (Phi) is 5.24. The highest BCUT2D eigenvalue weighted by atomic mass is 16.4. The third kappa shape index (κ3) is 2.90. The Hall–Kier alpha value is -1.13. The van der Waals surface area contributed by atoms with Crippen molar-refractivity contribution < 1.29 is 15.4 Å². The summed E-state index contributed by atoms with van der Waals surface area (Å²) in [5.41, 5.74) is -0.328. The number of rotatable bonds is 3. The van der Waals surface area contributed by atoms with Crippen LogP contribution in [0.25, 0.3) is 0 Å². The van der Waals surface area contributed by atoms with Crippen molar-refractivity contribution in [3.8, 4) is 0 Å². The monoisotopic (exact) mass is 387 g/mol. The van der Waals surface area contributed by atoms with E-state index in [1.54, 1.807) is 6.08 Å². The fourth-order valence-corrected chi connectivity index (χ4v) is 7.90. The highest BCUT2D eigenvalue weighted by Crippen LogP contribution is 2.69. The Balaban J connectivity index is 1.56. The van der Waals surface area contributed by atoms with Crippen LogP contribution >= 0.6 is 0 Å². The van der Waals surface area contributed by atoms with Crippen LogP contribution in [0.15, 0.2) is 29.5 Å². The first-order valence-electron chi connectivity index (χ1n) is 11.3. The van der Waals surface area contributed by atoms with E-state index in [1.165, 1.54) is 12.6 Å². The Morgan fingerprint density at radius 1 is 0.893 bits per heavy atom. The second kappa shape index (κ2) is 7.28. The first kappa shape index (κ1) is 20.2. The first-order valence-corrected chi connectivity index (χ1v) is 11.3. The van der Waals surface area contributed by atoms with Crippen LogP contribution in [0.4, 0.5) is 0 Å². The van der Waals surface area contributed by atoms with E-state index in [-0.39, 0.29) is 11.5 Å². The summed E-state index contributed by atoms with van der Waals surface area (Å²) in [7, 11) is 0. The maximum absolute atomic E-state index is 12.1. The predicted octanol–water partition coefficient (Wildman–Crippen LogP) is 4.69. The van der Waals surface area contributed by atoms with Gasteiger partial charge in [0.05, 0.1) is 17.9 Å². The Morgan fingerprint density at radius 2 is 1.71 bits per heavy atom. The highest BCUT2D eigenvalue weighted by Gasteiger charge is 2.66. The van der Waals surface area contributed by atoms with E-state index in [9.17, 15) is 10.2 Å². The van der Waals surface area contributed by atoms with E-state index < -0.39 is 5.60 Å². The van der Waals surface area contributed by atoms with Gasteiger partial charge in [-0.2, -0.15) is 0 Å². The summed E-state index contributed by atoms with van der Waals surface area (Å²) in [6, 6.07) is 0. The Morgan fingerprint density at radius 3 is 2.50 bits per heavy atom. The minimum atomic E-state index is -0.564. The molecule has 0 unspecified atom stereocenters. The van der Waals surface area contributed by atoms with Crippen LogP contribution in [0.2, 0.25) is 0 Å². The summed E-state index contributed by atoms with van der Waals surface area (Å²) in [4.78, 5) is 0. The van der Waals surface area contributed by atoms with Crippen LogP contribution in [0.1, 0.15) is 71.6 Å². The van der Waals surface area contributed by atoms with E-state index in [1.807, 2.05) is 12.2 Å². The summed E-state index contributed by atoms with van der Waals surface area (Å²) in [6.07, 6.45) is 18.7. The maximum atomic E-state index is 12.1. The standard InChI is InChI=1S/C24H37NO3/c1-22-12-10-19(26)16-18(22)7-8-21-20(22)11-13-23(2)17(9-14-24(21,23)27)6-4-3-5-15-25-28/h3-6,15,17-21,26-28H,7-14,16H2,1-2H3/b5-3+,6-4+,25-15+/t17-,18+,19-,20-,21+,22-,23+,24-/m0/s1. The molecule has 4 fully saturated rings. The minimum absolute atomic E-state index is 0.0546. The van der Waals surface area contributed by atoms with Gasteiger partial charge in [-0.25, -0.2) is 0 Å². The van der Waals surface area contributed by atoms with Crippen LogP contribution in [-0.2, 0) is 0 Å². The van der Waals surface area contributed by atoms with Crippen molar-refractivity contribution in [1.29, 1.82) is 0 Å². The fourth-order valence-electron chi connectivity index (χ4n) is 7.90. The smallest absolute Gasteiger partial charge is 0.0737 e. The number of nitrogens with zero attached hydrogens (tertiary/aromatic N) is 1. The van der Waals surface area contributed by atoms with Gasteiger partial charge in [0.2, 0.25) is 0 Å². The number of aliphatic hydroxyl groups excluding tert-OH is 1. The molecular weight excluding hydrogens is 350 g/mol. The van der Waals surface area contributed by atoms with Crippen molar-refractivity contribution in [2.45, 2.75) is 83.3 Å². The van der Waals surface area contributed by atoms with E-state index in [0.717, 1.165) is 51.4 Å². The highest BCUT2D eigenvalue weighted by molar-refractivity contribution is 5.70. The number of fused-ring (bicyclic) bond motifs is 5. The van der Waals surface area contributed by atoms with Crippen molar-refractivity contribution in [2.75, 3.05) is 0 Å². The lowest BCUT2D eigenvalue weighted by Gasteiger charge is -2.63. The zero-order valence-electron chi connectivity index (χ0n) is 17.4. The molecule has 0 amide bonds. The molecule has 0 radical (unpaired) electrons. The molecular formula is C24H37NO3. The summed E-state index contributed by atoms with van der Waals surface area (Å²) >= 11 is 0. The molecule has 0 spiro atoms. The zero-order chi connectivity index (χ0) is 20.0. The third-order valence-corrected chi connectivity index (χ3v) is 9.61. The molecule has 0 heterocycles. The molecule has 4 saturated carbocycles. The topological polar surface area (TPSA) is 73.1 Å². The normalized spacial score (nSPS) is 51.5. The van der Waals surface area contributed by atoms with E-state index in [0.29, 0.717) is 29.1 Å². The van der Waals surface area contributed by atoms with Crippen LogP contribution in [0, 0.1) is 34.5 Å². The van der Waals surface area contributed by atoms with Crippen molar-refractivity contribution in [3.63, 3.8) is 0 Å². The van der Waals surface area contributed by atoms with E-state index >= 15 is 0 Å². The molecule has 0 bridgehead atoms. The average molecular weight is 388 g/mol. The predicted molar refractivity (Wildman–Crippen MR) is 111 cm³/mol. The Labute approximate surface area is 169 Å². The van der Waals surface area contributed by atoms with Gasteiger partial charge >= 0.3 is 0 Å². The molecule has 4 aliphatic rings. The SMILES string of the molecule is C[C@]12CC[C@H](O)C[C@H]1CC[C@@H]1[C@@H]2CC[C@]2(C)[C@@H](/C=C/C=C/C=N/O)CC[C@]12O. The number of oxime groups is 1. The van der Waals surface area contributed by atoms with Gasteiger partial charge in [-0.3, -0.25) is 0 Å². The quantitative estimate of drug-likeness (QED) is 0.285. The van der Waals surface area contributed by atoms with Gasteiger partial charge < -0.3 is 15.4 Å². The van der Waals surface area contributed by atoms with Crippen LogP contribution in [-0.4, -0.2) is 33.3 Å². The lowest BCUT2D eigenvalue weighted by molar-refractivity contribution is -0.207. The molecule has 0 aromatic rings. The van der Waals surface area contributed by atoms with Crippen LogP contribution < -0.4 is 0 Å². The maximum Gasteiger partial charge on any atom is 0.0737 e. The largest absolute Gasteiger partial charge is 0.411 e. The van der Waals surface area contributed by atoms with Crippen LogP contribution in [0.3, 0.4) is 0 Å². The van der Waals surface area contributed by atoms with Crippen molar-refractivity contribution in [1.82, 2.24) is 0 Å². The third-order valence-electron chi connectivity index (χ3n) is 9.61. The van der Waals surface area contributed by atoms with E-state index in [2.05, 4.69) is 25.1 Å². The average Bonchev–Trinajstić information content (AvgIpc) is 2.93. The van der Waals surface area contributed by atoms with Gasteiger partial charge in [-0.1, -0.05) is 37.2 Å². The van der Waals surface area contributed by atoms with Gasteiger partial charge in [0.15, 0.2) is 0 Å². The van der Waals surface area contributed by atoms with Gasteiger partial charge in [-0.05, 0) is 93.0 Å². The van der Waals surface area contributed by atoms with Gasteiger partial charge in [0.25, 0.3) is 0 Å². The number of allylic oxidation sites excluding steroid dienone is 4. The van der Waals surface area contributed by atoms with Crippen LogP contribution in [0.5, 0.6) is 0 Å². The fraction of sp³-hybridized carbons (Fsp3) is 0.792. The van der Waals surface area contributed by atoms with Crippen molar-refractivity contribution in [3.05, 3.63) is 24.3 Å². The molecule has 3 N–H and O–H groups in total. The molecule has 4 rings (SSSR count). The van der Waals surface area contributed by atoms with Gasteiger partial charge in [-0.15, -0.1) is 0 Å². The molecule has 28 heavy (non-hydrogen) atoms. The zero-order valence-corrected chi connectivity index (χ0v) is 17.4. The second-order valence-electron chi connectivity index (χ2n) is 10.5. The summed E-state index contributed by atoms with van der Waals surface area (Å²) < 4.78 is 0. The molecule has 0 aromatic carbocycles. The summed E-state index contributed by atoms with van der Waals surface area (Å²) in [5, 5.41) is 33.7. The minimum Gasteiger partial charge on any atom is -0.411 e. The molecule has 0 saturated heterocycles. The van der Waals surface area contributed by atoms with Gasteiger partial charge in [0.1, 0.15) is 0 Å². The Bertz CT molecular complexity index is 673. The second-order valence-corrected chi connectivity index (χ2v) is 10.5. The molecule has 0 aliphatic heterocycles. The molecule has 8 atom stereocenters.